The van der Waals surface area contributed by atoms with Gasteiger partial charge in [-0.1, -0.05) is 89.2 Å². The predicted molar refractivity (Wildman–Crippen MR) is 105 cm³/mol. The average Bonchev–Trinajstić information content (AvgIpc) is 2.63. The van der Waals surface area contributed by atoms with Crippen LogP contribution in [-0.2, 0) is 19.1 Å². The first kappa shape index (κ1) is 22.7. The van der Waals surface area contributed by atoms with Crippen molar-refractivity contribution in [3.63, 3.8) is 0 Å². The fourth-order valence-electron chi connectivity index (χ4n) is 3.17. The van der Waals surface area contributed by atoms with Crippen LogP contribution in [0.4, 0.5) is 0 Å². The Labute approximate surface area is 159 Å². The summed E-state index contributed by atoms with van der Waals surface area (Å²) in [5, 5.41) is 0. The zero-order valence-corrected chi connectivity index (χ0v) is 16.5. The molecule has 150 valence electrons. The van der Waals surface area contributed by atoms with Crippen molar-refractivity contribution in [3.8, 4) is 0 Å². The van der Waals surface area contributed by atoms with Crippen molar-refractivity contribution in [3.05, 3.63) is 12.2 Å². The molecule has 0 atom stereocenters. The molecule has 0 N–H and O–H groups in total. The van der Waals surface area contributed by atoms with E-state index in [1.165, 1.54) is 64.2 Å². The molecule has 0 aromatic rings. The third-order valence-electron chi connectivity index (χ3n) is 4.80. The van der Waals surface area contributed by atoms with Crippen LogP contribution >= 0.6 is 0 Å². The van der Waals surface area contributed by atoms with Crippen LogP contribution in [0.2, 0.25) is 0 Å². The van der Waals surface area contributed by atoms with Crippen molar-refractivity contribution in [2.75, 3.05) is 13.2 Å². The highest BCUT2D eigenvalue weighted by molar-refractivity contribution is 5.73. The number of hydrogen-bond acceptors (Lipinski definition) is 4. The Hall–Kier alpha value is -1.32. The molecule has 0 amide bonds. The normalized spacial score (nSPS) is 23.2. The Kier molecular flexibility index (Phi) is 15.0. The average molecular weight is 367 g/mol. The highest BCUT2D eigenvalue weighted by Crippen LogP contribution is 2.13. The van der Waals surface area contributed by atoms with Crippen LogP contribution in [0, 0.1) is 0 Å². The molecule has 0 aliphatic carbocycles. The van der Waals surface area contributed by atoms with Crippen LogP contribution in [0.25, 0.3) is 0 Å². The van der Waals surface area contributed by atoms with E-state index < -0.39 is 0 Å². The second-order valence-electron chi connectivity index (χ2n) is 7.27. The summed E-state index contributed by atoms with van der Waals surface area (Å²) in [5.41, 5.74) is 0. The number of hydrogen-bond donors (Lipinski definition) is 0. The quantitative estimate of drug-likeness (QED) is 0.396. The van der Waals surface area contributed by atoms with E-state index in [2.05, 4.69) is 0 Å². The van der Waals surface area contributed by atoms with Crippen LogP contribution in [0.5, 0.6) is 0 Å². The number of cyclic esters (lactones) is 2. The molecule has 0 saturated heterocycles. The summed E-state index contributed by atoms with van der Waals surface area (Å²) < 4.78 is 10.4. The van der Waals surface area contributed by atoms with Crippen LogP contribution < -0.4 is 0 Å². The topological polar surface area (TPSA) is 52.6 Å². The van der Waals surface area contributed by atoms with Gasteiger partial charge >= 0.3 is 11.9 Å². The Morgan fingerprint density at radius 1 is 0.462 bits per heavy atom. The van der Waals surface area contributed by atoms with Gasteiger partial charge in [-0.05, 0) is 12.8 Å². The Morgan fingerprint density at radius 2 is 0.731 bits per heavy atom. The first-order valence-electron chi connectivity index (χ1n) is 10.8. The summed E-state index contributed by atoms with van der Waals surface area (Å²) in [5.74, 6) is -0.437. The molecule has 1 aliphatic rings. The van der Waals surface area contributed by atoms with Gasteiger partial charge in [-0.2, -0.15) is 0 Å². The first-order valence-corrected chi connectivity index (χ1v) is 10.8. The fraction of sp³-hybridized carbons (Fsp3) is 0.818. The molecule has 0 spiro atoms. The number of esters is 2. The SMILES string of the molecule is O=C1C/C=C\CC(=O)OCCCCCCCCCCCCCCCCO1. The lowest BCUT2D eigenvalue weighted by Crippen LogP contribution is -2.05. The van der Waals surface area contributed by atoms with Crippen LogP contribution in [0.15, 0.2) is 12.2 Å². The Bertz CT molecular complexity index is 354. The van der Waals surface area contributed by atoms with E-state index >= 15 is 0 Å². The standard InChI is InChI=1S/C22H38O4/c23-21-17-13-14-18-22(24)26-20-16-12-10-8-6-4-2-1-3-5-7-9-11-15-19-25-21/h13-14H,1-12,15-20H2/b14-13-. The molecule has 0 bridgehead atoms. The fourth-order valence-corrected chi connectivity index (χ4v) is 3.17. The summed E-state index contributed by atoms with van der Waals surface area (Å²) in [6, 6.07) is 0. The molecule has 0 unspecified atom stereocenters. The minimum atomic E-state index is -0.218. The van der Waals surface area contributed by atoms with Gasteiger partial charge in [0.25, 0.3) is 0 Å². The summed E-state index contributed by atoms with van der Waals surface area (Å²) in [6.07, 6.45) is 21.2. The summed E-state index contributed by atoms with van der Waals surface area (Å²) in [6.45, 7) is 1.02. The molecule has 4 nitrogen and oxygen atoms in total. The number of carbonyl (C=O) groups excluding carboxylic acids is 2. The zero-order valence-electron chi connectivity index (χ0n) is 16.5. The maximum Gasteiger partial charge on any atom is 0.309 e. The Morgan fingerprint density at radius 3 is 1.04 bits per heavy atom. The van der Waals surface area contributed by atoms with Gasteiger partial charge in [-0.3, -0.25) is 9.59 Å². The largest absolute Gasteiger partial charge is 0.465 e. The van der Waals surface area contributed by atoms with Gasteiger partial charge in [0.2, 0.25) is 0 Å². The molecule has 0 saturated carbocycles. The van der Waals surface area contributed by atoms with Crippen molar-refractivity contribution < 1.29 is 19.1 Å². The van der Waals surface area contributed by atoms with Crippen LogP contribution in [0.1, 0.15) is 103 Å². The van der Waals surface area contributed by atoms with Crippen LogP contribution in [-0.4, -0.2) is 25.2 Å². The van der Waals surface area contributed by atoms with Crippen molar-refractivity contribution in [1.29, 1.82) is 0 Å². The second-order valence-corrected chi connectivity index (χ2v) is 7.27. The molecule has 1 rings (SSSR count). The van der Waals surface area contributed by atoms with Gasteiger partial charge in [0.1, 0.15) is 0 Å². The van der Waals surface area contributed by atoms with Crippen molar-refractivity contribution >= 4 is 11.9 Å². The third-order valence-corrected chi connectivity index (χ3v) is 4.80. The summed E-state index contributed by atoms with van der Waals surface area (Å²) >= 11 is 0. The van der Waals surface area contributed by atoms with E-state index in [1.54, 1.807) is 12.2 Å². The molecular formula is C22H38O4. The maximum atomic E-state index is 11.6. The van der Waals surface area contributed by atoms with Crippen molar-refractivity contribution in [1.82, 2.24) is 0 Å². The summed E-state index contributed by atoms with van der Waals surface area (Å²) in [7, 11) is 0. The molecule has 0 aromatic carbocycles. The highest BCUT2D eigenvalue weighted by Gasteiger charge is 2.02. The smallest absolute Gasteiger partial charge is 0.309 e. The molecule has 0 fully saturated rings. The van der Waals surface area contributed by atoms with Gasteiger partial charge in [0.15, 0.2) is 0 Å². The highest BCUT2D eigenvalue weighted by atomic mass is 16.5. The maximum absolute atomic E-state index is 11.6. The molecule has 4 heteroatoms. The summed E-state index contributed by atoms with van der Waals surface area (Å²) in [4.78, 5) is 23.2. The van der Waals surface area contributed by atoms with Gasteiger partial charge in [0.05, 0.1) is 26.1 Å². The minimum absolute atomic E-state index is 0.218. The molecule has 0 aromatic heterocycles. The van der Waals surface area contributed by atoms with Gasteiger partial charge in [-0.15, -0.1) is 0 Å². The van der Waals surface area contributed by atoms with Crippen LogP contribution in [0.3, 0.4) is 0 Å². The van der Waals surface area contributed by atoms with E-state index in [4.69, 9.17) is 9.47 Å². The monoisotopic (exact) mass is 366 g/mol. The van der Waals surface area contributed by atoms with E-state index in [9.17, 15) is 9.59 Å². The molecule has 1 heterocycles. The van der Waals surface area contributed by atoms with E-state index in [1.807, 2.05) is 0 Å². The van der Waals surface area contributed by atoms with Gasteiger partial charge in [0, 0.05) is 0 Å². The zero-order chi connectivity index (χ0) is 18.7. The lowest BCUT2D eigenvalue weighted by atomic mass is 10.0. The molecule has 0 radical (unpaired) electrons. The number of ether oxygens (including phenoxy) is 2. The lowest BCUT2D eigenvalue weighted by Gasteiger charge is -2.05. The number of carbonyl (C=O) groups is 2. The van der Waals surface area contributed by atoms with Crippen molar-refractivity contribution in [2.45, 2.75) is 103 Å². The van der Waals surface area contributed by atoms with E-state index in [-0.39, 0.29) is 24.8 Å². The van der Waals surface area contributed by atoms with Crippen molar-refractivity contribution in [2.24, 2.45) is 0 Å². The minimum Gasteiger partial charge on any atom is -0.465 e. The molecular weight excluding hydrogens is 328 g/mol. The predicted octanol–water partition coefficient (Wildman–Crippen LogP) is 5.88. The second kappa shape index (κ2) is 17.1. The third kappa shape index (κ3) is 15.0. The van der Waals surface area contributed by atoms with Gasteiger partial charge < -0.3 is 9.47 Å². The van der Waals surface area contributed by atoms with E-state index in [0.29, 0.717) is 13.2 Å². The lowest BCUT2D eigenvalue weighted by molar-refractivity contribution is -0.144. The van der Waals surface area contributed by atoms with E-state index in [0.717, 1.165) is 25.7 Å². The first-order chi connectivity index (χ1) is 12.8. The Balaban J connectivity index is 2.21. The molecule has 26 heavy (non-hydrogen) atoms. The molecule has 1 aliphatic heterocycles. The van der Waals surface area contributed by atoms with Gasteiger partial charge in [-0.25, -0.2) is 0 Å². The number of rotatable bonds is 0.